The Morgan fingerprint density at radius 1 is 1.20 bits per heavy atom. The molecule has 1 saturated carbocycles. The molecule has 0 aromatic carbocycles. The minimum atomic E-state index is 0.626. The third-order valence-corrected chi connectivity index (χ3v) is 4.49. The Balaban J connectivity index is 2.07. The van der Waals surface area contributed by atoms with E-state index in [1.54, 1.807) is 0 Å². The van der Waals surface area contributed by atoms with Crippen LogP contribution in [0.3, 0.4) is 0 Å². The van der Waals surface area contributed by atoms with Crippen molar-refractivity contribution in [3.63, 3.8) is 0 Å². The van der Waals surface area contributed by atoms with Crippen molar-refractivity contribution in [2.75, 3.05) is 23.8 Å². The molecule has 1 fully saturated rings. The van der Waals surface area contributed by atoms with Crippen molar-refractivity contribution in [3.8, 4) is 0 Å². The monoisotopic (exact) mass is 276 g/mol. The largest absolute Gasteiger partial charge is 0.370 e. The van der Waals surface area contributed by atoms with E-state index in [2.05, 4.69) is 47.1 Å². The zero-order chi connectivity index (χ0) is 14.5. The molecule has 112 valence electrons. The molecule has 0 bridgehead atoms. The molecule has 0 saturated heterocycles. The number of nitrogens with one attached hydrogen (secondary N) is 1. The summed E-state index contributed by atoms with van der Waals surface area (Å²) in [6, 6.07) is 2.70. The first kappa shape index (κ1) is 15.1. The molecular formula is C16H28N4. The zero-order valence-corrected chi connectivity index (χ0v) is 13.3. The lowest BCUT2D eigenvalue weighted by molar-refractivity contribution is 0.313. The second kappa shape index (κ2) is 6.91. The lowest BCUT2D eigenvalue weighted by Gasteiger charge is -2.35. The molecule has 20 heavy (non-hydrogen) atoms. The SMILES string of the molecule is CCNc1cc(N(C)C2CCC(CC)CC2)nc(C)n1. The van der Waals surface area contributed by atoms with E-state index in [0.717, 1.165) is 29.9 Å². The fraction of sp³-hybridized carbons (Fsp3) is 0.750. The lowest BCUT2D eigenvalue weighted by Crippen LogP contribution is -2.35. The molecule has 2 rings (SSSR count). The molecule has 1 N–H and O–H groups in total. The van der Waals surface area contributed by atoms with E-state index in [0.29, 0.717) is 6.04 Å². The summed E-state index contributed by atoms with van der Waals surface area (Å²) in [5, 5.41) is 3.28. The highest BCUT2D eigenvalue weighted by molar-refractivity contribution is 5.49. The van der Waals surface area contributed by atoms with Crippen molar-refractivity contribution < 1.29 is 0 Å². The minimum Gasteiger partial charge on any atom is -0.370 e. The van der Waals surface area contributed by atoms with Gasteiger partial charge in [0.15, 0.2) is 0 Å². The van der Waals surface area contributed by atoms with Gasteiger partial charge in [-0.05, 0) is 45.4 Å². The molecule has 0 unspecified atom stereocenters. The number of hydrogen-bond donors (Lipinski definition) is 1. The van der Waals surface area contributed by atoms with Gasteiger partial charge in [-0.3, -0.25) is 0 Å². The van der Waals surface area contributed by atoms with Crippen molar-refractivity contribution in [1.82, 2.24) is 9.97 Å². The fourth-order valence-corrected chi connectivity index (χ4v) is 3.13. The van der Waals surface area contributed by atoms with E-state index in [1.165, 1.54) is 32.1 Å². The molecule has 1 aliphatic carbocycles. The number of rotatable bonds is 5. The third kappa shape index (κ3) is 3.62. The Bertz CT molecular complexity index is 424. The minimum absolute atomic E-state index is 0.626. The van der Waals surface area contributed by atoms with Crippen LogP contribution in [0.25, 0.3) is 0 Å². The summed E-state index contributed by atoms with van der Waals surface area (Å²) in [6.07, 6.45) is 6.61. The van der Waals surface area contributed by atoms with Crippen molar-refractivity contribution >= 4 is 11.6 Å². The first-order valence-corrected chi connectivity index (χ1v) is 7.96. The quantitative estimate of drug-likeness (QED) is 0.891. The molecular weight excluding hydrogens is 248 g/mol. The van der Waals surface area contributed by atoms with Gasteiger partial charge in [0.1, 0.15) is 17.5 Å². The Morgan fingerprint density at radius 2 is 1.90 bits per heavy atom. The van der Waals surface area contributed by atoms with Crippen LogP contribution in [0.2, 0.25) is 0 Å². The van der Waals surface area contributed by atoms with Crippen LogP contribution in [-0.4, -0.2) is 29.6 Å². The van der Waals surface area contributed by atoms with E-state index < -0.39 is 0 Å². The van der Waals surface area contributed by atoms with Crippen LogP contribution in [0.5, 0.6) is 0 Å². The van der Waals surface area contributed by atoms with Gasteiger partial charge >= 0.3 is 0 Å². The number of aromatic nitrogens is 2. The summed E-state index contributed by atoms with van der Waals surface area (Å²) in [7, 11) is 2.18. The second-order valence-electron chi connectivity index (χ2n) is 5.88. The number of aryl methyl sites for hydroxylation is 1. The highest BCUT2D eigenvalue weighted by atomic mass is 15.2. The highest BCUT2D eigenvalue weighted by Gasteiger charge is 2.24. The maximum atomic E-state index is 4.61. The first-order valence-electron chi connectivity index (χ1n) is 7.96. The molecule has 0 atom stereocenters. The van der Waals surface area contributed by atoms with Gasteiger partial charge in [-0.25, -0.2) is 9.97 Å². The predicted octanol–water partition coefficient (Wildman–Crippen LogP) is 3.62. The molecule has 0 aliphatic heterocycles. The van der Waals surface area contributed by atoms with E-state index >= 15 is 0 Å². The summed E-state index contributed by atoms with van der Waals surface area (Å²) < 4.78 is 0. The number of anilines is 2. The van der Waals surface area contributed by atoms with E-state index in [-0.39, 0.29) is 0 Å². The molecule has 1 aliphatic rings. The van der Waals surface area contributed by atoms with Gasteiger partial charge in [-0.1, -0.05) is 13.3 Å². The van der Waals surface area contributed by atoms with Crippen LogP contribution in [0, 0.1) is 12.8 Å². The highest BCUT2D eigenvalue weighted by Crippen LogP contribution is 2.31. The van der Waals surface area contributed by atoms with Crippen LogP contribution >= 0.6 is 0 Å². The first-order chi connectivity index (χ1) is 9.63. The van der Waals surface area contributed by atoms with Gasteiger partial charge < -0.3 is 10.2 Å². The predicted molar refractivity (Wildman–Crippen MR) is 85.4 cm³/mol. The normalized spacial score (nSPS) is 22.6. The third-order valence-electron chi connectivity index (χ3n) is 4.49. The standard InChI is InChI=1S/C16H28N4/c1-5-13-7-9-14(10-8-13)20(4)16-11-15(17-6-2)18-12(3)19-16/h11,13-14H,5-10H2,1-4H3,(H,17,18,19). The van der Waals surface area contributed by atoms with Crippen molar-refractivity contribution in [3.05, 3.63) is 11.9 Å². The lowest BCUT2D eigenvalue weighted by atomic mass is 9.84. The van der Waals surface area contributed by atoms with E-state index in [9.17, 15) is 0 Å². The van der Waals surface area contributed by atoms with E-state index in [4.69, 9.17) is 0 Å². The maximum Gasteiger partial charge on any atom is 0.134 e. The van der Waals surface area contributed by atoms with Gasteiger partial charge in [-0.2, -0.15) is 0 Å². The van der Waals surface area contributed by atoms with Gasteiger partial charge in [0.05, 0.1) is 0 Å². The molecule has 1 aromatic heterocycles. The molecule has 1 aromatic rings. The zero-order valence-electron chi connectivity index (χ0n) is 13.3. The Labute approximate surface area is 123 Å². The fourth-order valence-electron chi connectivity index (χ4n) is 3.13. The number of nitrogens with zero attached hydrogens (tertiary/aromatic N) is 3. The van der Waals surface area contributed by atoms with E-state index in [1.807, 2.05) is 6.92 Å². The Morgan fingerprint density at radius 3 is 2.50 bits per heavy atom. The van der Waals surface area contributed by atoms with Crippen LogP contribution in [-0.2, 0) is 0 Å². The summed E-state index contributed by atoms with van der Waals surface area (Å²) in [5.74, 6) is 3.76. The molecule has 4 heteroatoms. The van der Waals surface area contributed by atoms with Crippen LogP contribution < -0.4 is 10.2 Å². The molecule has 4 nitrogen and oxygen atoms in total. The van der Waals surface area contributed by atoms with Gasteiger partial charge in [0.2, 0.25) is 0 Å². The average molecular weight is 276 g/mol. The molecule has 0 amide bonds. The van der Waals surface area contributed by atoms with Crippen LogP contribution in [0.4, 0.5) is 11.6 Å². The Kier molecular flexibility index (Phi) is 5.21. The topological polar surface area (TPSA) is 41.0 Å². The average Bonchev–Trinajstić information content (AvgIpc) is 2.46. The Hall–Kier alpha value is -1.32. The summed E-state index contributed by atoms with van der Waals surface area (Å²) in [5.41, 5.74) is 0. The van der Waals surface area contributed by atoms with Gasteiger partial charge in [0.25, 0.3) is 0 Å². The number of hydrogen-bond acceptors (Lipinski definition) is 4. The second-order valence-corrected chi connectivity index (χ2v) is 5.88. The molecule has 1 heterocycles. The molecule has 0 radical (unpaired) electrons. The smallest absolute Gasteiger partial charge is 0.134 e. The molecule has 0 spiro atoms. The van der Waals surface area contributed by atoms with Crippen molar-refractivity contribution in [2.24, 2.45) is 5.92 Å². The van der Waals surface area contributed by atoms with Crippen LogP contribution in [0.15, 0.2) is 6.07 Å². The van der Waals surface area contributed by atoms with Crippen molar-refractivity contribution in [2.45, 2.75) is 58.9 Å². The summed E-state index contributed by atoms with van der Waals surface area (Å²) in [6.45, 7) is 7.26. The van der Waals surface area contributed by atoms with Crippen LogP contribution in [0.1, 0.15) is 51.8 Å². The summed E-state index contributed by atoms with van der Waals surface area (Å²) >= 11 is 0. The summed E-state index contributed by atoms with van der Waals surface area (Å²) in [4.78, 5) is 11.4. The van der Waals surface area contributed by atoms with Gasteiger partial charge in [0, 0.05) is 25.7 Å². The van der Waals surface area contributed by atoms with Gasteiger partial charge in [-0.15, -0.1) is 0 Å². The maximum absolute atomic E-state index is 4.61. The van der Waals surface area contributed by atoms with Crippen molar-refractivity contribution in [1.29, 1.82) is 0 Å².